The molecule has 27 heavy (non-hydrogen) atoms. The number of fused-ring (bicyclic) bond motifs is 1. The number of amides is 1. The smallest absolute Gasteiger partial charge is 0.255 e. The van der Waals surface area contributed by atoms with E-state index in [-0.39, 0.29) is 5.91 Å². The van der Waals surface area contributed by atoms with Crippen molar-refractivity contribution in [1.82, 2.24) is 10.2 Å². The minimum absolute atomic E-state index is 0.201. The van der Waals surface area contributed by atoms with Crippen LogP contribution in [0.25, 0.3) is 23.1 Å². The number of rotatable bonds is 4. The van der Waals surface area contributed by atoms with Gasteiger partial charge in [0.1, 0.15) is 0 Å². The lowest BCUT2D eigenvalue weighted by molar-refractivity contribution is 0.102. The molecule has 4 aromatic rings. The first kappa shape index (κ1) is 16.6. The molecular formula is C22H18N4O. The molecular weight excluding hydrogens is 336 g/mol. The fourth-order valence-electron chi connectivity index (χ4n) is 2.91. The highest BCUT2D eigenvalue weighted by Crippen LogP contribution is 2.22. The number of nitrogens with zero attached hydrogens (tertiary/aromatic N) is 1. The van der Waals surface area contributed by atoms with Gasteiger partial charge in [0.15, 0.2) is 0 Å². The van der Waals surface area contributed by atoms with Crippen LogP contribution in [0.4, 0.5) is 11.4 Å². The summed E-state index contributed by atoms with van der Waals surface area (Å²) in [5.41, 5.74) is 10.3. The van der Waals surface area contributed by atoms with Crippen molar-refractivity contribution in [2.75, 3.05) is 11.1 Å². The Kier molecular flexibility index (Phi) is 4.41. The molecule has 4 rings (SSSR count). The van der Waals surface area contributed by atoms with Crippen molar-refractivity contribution >= 4 is 40.3 Å². The third-order valence-electron chi connectivity index (χ3n) is 4.28. The van der Waals surface area contributed by atoms with Crippen molar-refractivity contribution in [3.8, 4) is 0 Å². The van der Waals surface area contributed by atoms with Gasteiger partial charge in [-0.25, -0.2) is 0 Å². The maximum atomic E-state index is 12.5. The summed E-state index contributed by atoms with van der Waals surface area (Å²) in [6.45, 7) is 0. The second-order valence-electron chi connectivity index (χ2n) is 6.15. The molecule has 1 amide bonds. The third-order valence-corrected chi connectivity index (χ3v) is 4.28. The number of para-hydroxylation sites is 2. The molecule has 0 unspecified atom stereocenters. The van der Waals surface area contributed by atoms with Crippen LogP contribution < -0.4 is 11.1 Å². The molecule has 0 radical (unpaired) electrons. The Balaban J connectivity index is 1.60. The Morgan fingerprint density at radius 3 is 2.67 bits per heavy atom. The van der Waals surface area contributed by atoms with Crippen LogP contribution in [0.15, 0.2) is 72.8 Å². The van der Waals surface area contributed by atoms with E-state index in [0.29, 0.717) is 11.3 Å². The predicted molar refractivity (Wildman–Crippen MR) is 110 cm³/mol. The molecule has 5 heteroatoms. The number of carbonyl (C=O) groups excluding carboxylic acids is 1. The Labute approximate surface area is 156 Å². The number of benzene rings is 3. The number of aromatic nitrogens is 2. The maximum Gasteiger partial charge on any atom is 0.255 e. The topological polar surface area (TPSA) is 83.8 Å². The summed E-state index contributed by atoms with van der Waals surface area (Å²) in [7, 11) is 0. The van der Waals surface area contributed by atoms with Gasteiger partial charge in [-0.1, -0.05) is 48.5 Å². The van der Waals surface area contributed by atoms with Gasteiger partial charge < -0.3 is 11.1 Å². The van der Waals surface area contributed by atoms with Crippen LogP contribution >= 0.6 is 0 Å². The standard InChI is InChI=1S/C22H18N4O/c23-17-8-5-7-16(14-17)22(27)24-19-10-3-1-6-15(19)12-13-21-18-9-2-4-11-20(18)25-26-21/h1-14H,23H2,(H,24,27)(H,25,26)/b13-12+. The lowest BCUT2D eigenvalue weighted by Gasteiger charge is -2.09. The molecule has 1 heterocycles. The number of aromatic amines is 1. The van der Waals surface area contributed by atoms with E-state index >= 15 is 0 Å². The number of anilines is 2. The van der Waals surface area contributed by atoms with E-state index in [1.807, 2.05) is 60.7 Å². The van der Waals surface area contributed by atoms with E-state index in [1.165, 1.54) is 0 Å². The zero-order valence-corrected chi connectivity index (χ0v) is 14.5. The lowest BCUT2D eigenvalue weighted by Crippen LogP contribution is -2.12. The van der Waals surface area contributed by atoms with Gasteiger partial charge in [0, 0.05) is 22.3 Å². The highest BCUT2D eigenvalue weighted by atomic mass is 16.1. The van der Waals surface area contributed by atoms with Gasteiger partial charge in [-0.05, 0) is 42.0 Å². The molecule has 0 atom stereocenters. The van der Waals surface area contributed by atoms with Crippen molar-refractivity contribution in [1.29, 1.82) is 0 Å². The molecule has 1 aromatic heterocycles. The number of hydrogen-bond acceptors (Lipinski definition) is 3. The van der Waals surface area contributed by atoms with E-state index in [2.05, 4.69) is 15.5 Å². The second-order valence-corrected chi connectivity index (χ2v) is 6.15. The summed E-state index contributed by atoms with van der Waals surface area (Å²) in [5.74, 6) is -0.201. The molecule has 0 aliphatic heterocycles. The molecule has 3 aromatic carbocycles. The van der Waals surface area contributed by atoms with E-state index in [9.17, 15) is 4.79 Å². The van der Waals surface area contributed by atoms with Crippen LogP contribution in [-0.4, -0.2) is 16.1 Å². The van der Waals surface area contributed by atoms with Crippen molar-refractivity contribution in [3.05, 3.63) is 89.6 Å². The molecule has 0 fully saturated rings. The Morgan fingerprint density at radius 2 is 1.78 bits per heavy atom. The molecule has 0 aliphatic carbocycles. The zero-order valence-electron chi connectivity index (χ0n) is 14.5. The Hall–Kier alpha value is -3.86. The summed E-state index contributed by atoms with van der Waals surface area (Å²) < 4.78 is 0. The number of nitrogens with one attached hydrogen (secondary N) is 2. The maximum absolute atomic E-state index is 12.5. The summed E-state index contributed by atoms with van der Waals surface area (Å²) >= 11 is 0. The Morgan fingerprint density at radius 1 is 0.963 bits per heavy atom. The van der Waals surface area contributed by atoms with Crippen LogP contribution in [0.2, 0.25) is 0 Å². The quantitative estimate of drug-likeness (QED) is 0.470. The first-order valence-electron chi connectivity index (χ1n) is 8.58. The summed E-state index contributed by atoms with van der Waals surface area (Å²) in [6, 6.07) is 22.5. The van der Waals surface area contributed by atoms with E-state index in [4.69, 9.17) is 5.73 Å². The SMILES string of the molecule is Nc1cccc(C(=O)Nc2ccccc2/C=C/c2n[nH]c3ccccc23)c1. The second kappa shape index (κ2) is 7.17. The van der Waals surface area contributed by atoms with Gasteiger partial charge in [-0.15, -0.1) is 0 Å². The molecule has 0 aliphatic rings. The van der Waals surface area contributed by atoms with E-state index < -0.39 is 0 Å². The monoisotopic (exact) mass is 354 g/mol. The van der Waals surface area contributed by atoms with E-state index in [1.54, 1.807) is 24.3 Å². The number of hydrogen-bond donors (Lipinski definition) is 3. The number of nitrogen functional groups attached to an aromatic ring is 1. The van der Waals surface area contributed by atoms with Crippen LogP contribution in [0.3, 0.4) is 0 Å². The molecule has 0 spiro atoms. The average molecular weight is 354 g/mol. The fourth-order valence-corrected chi connectivity index (χ4v) is 2.91. The van der Waals surface area contributed by atoms with Gasteiger partial charge >= 0.3 is 0 Å². The van der Waals surface area contributed by atoms with E-state index in [0.717, 1.165) is 27.8 Å². The number of H-pyrrole nitrogens is 1. The predicted octanol–water partition coefficient (Wildman–Crippen LogP) is 4.57. The summed E-state index contributed by atoms with van der Waals surface area (Å²) in [6.07, 6.45) is 3.88. The molecule has 0 saturated carbocycles. The van der Waals surface area contributed by atoms with Crippen molar-refractivity contribution < 1.29 is 4.79 Å². The molecule has 0 saturated heterocycles. The van der Waals surface area contributed by atoms with Crippen LogP contribution in [0.5, 0.6) is 0 Å². The van der Waals surface area contributed by atoms with Crippen molar-refractivity contribution in [2.24, 2.45) is 0 Å². The minimum Gasteiger partial charge on any atom is -0.399 e. The highest BCUT2D eigenvalue weighted by Gasteiger charge is 2.08. The largest absolute Gasteiger partial charge is 0.399 e. The number of carbonyl (C=O) groups is 1. The number of nitrogens with two attached hydrogens (primary N) is 1. The zero-order chi connectivity index (χ0) is 18.6. The highest BCUT2D eigenvalue weighted by molar-refractivity contribution is 6.06. The van der Waals surface area contributed by atoms with Gasteiger partial charge in [0.2, 0.25) is 0 Å². The normalized spacial score (nSPS) is 11.1. The summed E-state index contributed by atoms with van der Waals surface area (Å²) in [4.78, 5) is 12.5. The first-order chi connectivity index (χ1) is 13.2. The average Bonchev–Trinajstić information content (AvgIpc) is 3.10. The fraction of sp³-hybridized carbons (Fsp3) is 0. The minimum atomic E-state index is -0.201. The molecule has 0 bridgehead atoms. The molecule has 4 N–H and O–H groups in total. The molecule has 132 valence electrons. The Bertz CT molecular complexity index is 1140. The van der Waals surface area contributed by atoms with Crippen LogP contribution in [-0.2, 0) is 0 Å². The van der Waals surface area contributed by atoms with Crippen LogP contribution in [0.1, 0.15) is 21.6 Å². The van der Waals surface area contributed by atoms with Gasteiger partial charge in [0.05, 0.1) is 11.2 Å². The molecule has 5 nitrogen and oxygen atoms in total. The first-order valence-corrected chi connectivity index (χ1v) is 8.58. The van der Waals surface area contributed by atoms with Crippen molar-refractivity contribution in [2.45, 2.75) is 0 Å². The third kappa shape index (κ3) is 3.57. The van der Waals surface area contributed by atoms with Crippen LogP contribution in [0, 0.1) is 0 Å². The van der Waals surface area contributed by atoms with Gasteiger partial charge in [-0.2, -0.15) is 5.10 Å². The van der Waals surface area contributed by atoms with Crippen molar-refractivity contribution in [3.63, 3.8) is 0 Å². The van der Waals surface area contributed by atoms with Gasteiger partial charge in [0.25, 0.3) is 5.91 Å². The lowest BCUT2D eigenvalue weighted by atomic mass is 10.1. The summed E-state index contributed by atoms with van der Waals surface area (Å²) in [5, 5.41) is 11.4. The van der Waals surface area contributed by atoms with Gasteiger partial charge in [-0.3, -0.25) is 9.89 Å².